The third-order valence-corrected chi connectivity index (χ3v) is 4.37. The van der Waals surface area contributed by atoms with Gasteiger partial charge in [-0.1, -0.05) is 11.3 Å². The Morgan fingerprint density at radius 2 is 2.12 bits per heavy atom. The summed E-state index contributed by atoms with van der Waals surface area (Å²) in [7, 11) is 0. The van der Waals surface area contributed by atoms with E-state index in [4.69, 9.17) is 5.73 Å². The molecule has 0 atom stereocenters. The van der Waals surface area contributed by atoms with Gasteiger partial charge in [-0.05, 0) is 13.0 Å². The minimum atomic E-state index is 0.588. The number of nitrogens with two attached hydrogens (primary N) is 1. The average molecular weight is 248 g/mol. The minimum Gasteiger partial charge on any atom is -0.375 e. The Morgan fingerprint density at radius 1 is 1.25 bits per heavy atom. The van der Waals surface area contributed by atoms with E-state index in [-0.39, 0.29) is 0 Å². The van der Waals surface area contributed by atoms with Crippen molar-refractivity contribution in [1.82, 2.24) is 15.0 Å². The third-order valence-electron chi connectivity index (χ3n) is 2.20. The first-order valence-corrected chi connectivity index (χ1v) is 6.31. The van der Waals surface area contributed by atoms with Crippen molar-refractivity contribution in [3.05, 3.63) is 24.2 Å². The second kappa shape index (κ2) is 3.50. The second-order valence-electron chi connectivity index (χ2n) is 3.33. The highest BCUT2D eigenvalue weighted by Gasteiger charge is 2.12. The van der Waals surface area contributed by atoms with Crippen molar-refractivity contribution in [2.24, 2.45) is 0 Å². The number of hydrogen-bond acceptors (Lipinski definition) is 6. The molecule has 0 aromatic carbocycles. The smallest absolute Gasteiger partial charge is 0.180 e. The van der Waals surface area contributed by atoms with Gasteiger partial charge < -0.3 is 5.73 Å². The highest BCUT2D eigenvalue weighted by molar-refractivity contribution is 7.26. The summed E-state index contributed by atoms with van der Waals surface area (Å²) in [5, 5.41) is 1.56. The maximum atomic E-state index is 5.68. The third kappa shape index (κ3) is 1.46. The van der Waals surface area contributed by atoms with Crippen LogP contribution in [0.1, 0.15) is 5.69 Å². The fourth-order valence-electron chi connectivity index (χ4n) is 1.49. The molecule has 3 aromatic rings. The number of aromatic nitrogens is 3. The Kier molecular flexibility index (Phi) is 2.12. The van der Waals surface area contributed by atoms with Gasteiger partial charge >= 0.3 is 0 Å². The molecule has 6 heteroatoms. The lowest BCUT2D eigenvalue weighted by molar-refractivity contribution is 1.27. The Balaban J connectivity index is 2.22. The number of rotatable bonds is 1. The van der Waals surface area contributed by atoms with Crippen LogP contribution in [0.15, 0.2) is 18.5 Å². The number of nitrogens with zero attached hydrogens (tertiary/aromatic N) is 3. The van der Waals surface area contributed by atoms with Crippen LogP contribution in [0.25, 0.3) is 20.1 Å². The Hall–Kier alpha value is -1.53. The molecule has 0 unspecified atom stereocenters. The standard InChI is InChI=1S/C10H8N4S2/c1-5-8(16-10(11)13-5)9-14-6-4-12-3-2-7(6)15-9/h2-4H,1H3,(H2,11,13). The monoisotopic (exact) mass is 248 g/mol. The number of thiazole rings is 2. The Labute approximate surface area is 99.8 Å². The van der Waals surface area contributed by atoms with Crippen LogP contribution in [0.3, 0.4) is 0 Å². The van der Waals surface area contributed by atoms with Crippen molar-refractivity contribution in [3.63, 3.8) is 0 Å². The molecule has 0 aliphatic rings. The highest BCUT2D eigenvalue weighted by atomic mass is 32.1. The zero-order chi connectivity index (χ0) is 11.1. The summed E-state index contributed by atoms with van der Waals surface area (Å²) < 4.78 is 1.14. The largest absolute Gasteiger partial charge is 0.375 e. The summed E-state index contributed by atoms with van der Waals surface area (Å²) in [6.45, 7) is 1.95. The van der Waals surface area contributed by atoms with Gasteiger partial charge in [-0.15, -0.1) is 11.3 Å². The highest BCUT2D eigenvalue weighted by Crippen LogP contribution is 2.36. The molecule has 0 saturated carbocycles. The molecule has 0 aliphatic heterocycles. The molecule has 0 fully saturated rings. The number of aryl methyl sites for hydroxylation is 1. The quantitative estimate of drug-likeness (QED) is 0.719. The lowest BCUT2D eigenvalue weighted by Crippen LogP contribution is -1.80. The van der Waals surface area contributed by atoms with Crippen LogP contribution in [-0.2, 0) is 0 Å². The molecular formula is C10H8N4S2. The molecule has 16 heavy (non-hydrogen) atoms. The number of anilines is 1. The summed E-state index contributed by atoms with van der Waals surface area (Å²) in [5.41, 5.74) is 7.55. The summed E-state index contributed by atoms with van der Waals surface area (Å²) >= 11 is 3.12. The number of hydrogen-bond donors (Lipinski definition) is 1. The van der Waals surface area contributed by atoms with E-state index in [2.05, 4.69) is 15.0 Å². The molecule has 0 bridgehead atoms. The van der Waals surface area contributed by atoms with Crippen LogP contribution in [0.4, 0.5) is 5.13 Å². The first-order valence-electron chi connectivity index (χ1n) is 4.68. The molecule has 3 heterocycles. The minimum absolute atomic E-state index is 0.588. The lowest BCUT2D eigenvalue weighted by Gasteiger charge is -1.88. The van der Waals surface area contributed by atoms with Gasteiger partial charge in [-0.25, -0.2) is 9.97 Å². The summed E-state index contributed by atoms with van der Waals surface area (Å²) in [6.07, 6.45) is 3.55. The van der Waals surface area contributed by atoms with Gasteiger partial charge in [-0.3, -0.25) is 4.98 Å². The van der Waals surface area contributed by atoms with Gasteiger partial charge in [0.2, 0.25) is 0 Å². The summed E-state index contributed by atoms with van der Waals surface area (Å²) in [6, 6.07) is 1.97. The van der Waals surface area contributed by atoms with E-state index in [1.54, 1.807) is 23.7 Å². The molecule has 3 rings (SSSR count). The number of fused-ring (bicyclic) bond motifs is 1. The van der Waals surface area contributed by atoms with Gasteiger partial charge in [0.15, 0.2) is 5.13 Å². The summed E-state index contributed by atoms with van der Waals surface area (Å²) in [5.74, 6) is 0. The van der Waals surface area contributed by atoms with Gasteiger partial charge in [0.05, 0.1) is 21.5 Å². The molecule has 80 valence electrons. The molecule has 4 nitrogen and oxygen atoms in total. The van der Waals surface area contributed by atoms with E-state index in [0.717, 1.165) is 25.8 Å². The van der Waals surface area contributed by atoms with Gasteiger partial charge in [0.1, 0.15) is 10.5 Å². The predicted molar refractivity (Wildman–Crippen MR) is 67.7 cm³/mol. The maximum Gasteiger partial charge on any atom is 0.180 e. The molecule has 3 aromatic heterocycles. The molecule has 2 N–H and O–H groups in total. The molecule has 0 spiro atoms. The van der Waals surface area contributed by atoms with Crippen molar-refractivity contribution in [1.29, 1.82) is 0 Å². The normalized spacial score (nSPS) is 11.1. The lowest BCUT2D eigenvalue weighted by atomic mass is 10.4. The van der Waals surface area contributed by atoms with Crippen LogP contribution in [0.5, 0.6) is 0 Å². The van der Waals surface area contributed by atoms with Crippen molar-refractivity contribution in [2.45, 2.75) is 6.92 Å². The van der Waals surface area contributed by atoms with Crippen LogP contribution in [0.2, 0.25) is 0 Å². The second-order valence-corrected chi connectivity index (χ2v) is 5.39. The molecule has 0 saturated heterocycles. The van der Waals surface area contributed by atoms with Crippen LogP contribution < -0.4 is 5.73 Å². The van der Waals surface area contributed by atoms with E-state index in [1.165, 1.54) is 11.3 Å². The van der Waals surface area contributed by atoms with Crippen molar-refractivity contribution >= 4 is 38.0 Å². The SMILES string of the molecule is Cc1nc(N)sc1-c1nc2cnccc2s1. The van der Waals surface area contributed by atoms with Crippen LogP contribution in [0, 0.1) is 6.92 Å². The molecule has 0 amide bonds. The number of pyridine rings is 1. The molecule has 0 aliphatic carbocycles. The summed E-state index contributed by atoms with van der Waals surface area (Å²) in [4.78, 5) is 13.8. The first kappa shape index (κ1) is 9.68. The van der Waals surface area contributed by atoms with E-state index in [0.29, 0.717) is 5.13 Å². The zero-order valence-corrected chi connectivity index (χ0v) is 10.1. The molecule has 0 radical (unpaired) electrons. The van der Waals surface area contributed by atoms with E-state index in [9.17, 15) is 0 Å². The van der Waals surface area contributed by atoms with E-state index < -0.39 is 0 Å². The van der Waals surface area contributed by atoms with Crippen molar-refractivity contribution in [3.8, 4) is 9.88 Å². The van der Waals surface area contributed by atoms with Crippen molar-refractivity contribution < 1.29 is 0 Å². The molecular weight excluding hydrogens is 240 g/mol. The van der Waals surface area contributed by atoms with Gasteiger partial charge in [0.25, 0.3) is 0 Å². The van der Waals surface area contributed by atoms with Gasteiger partial charge in [0, 0.05) is 6.20 Å². The Morgan fingerprint density at radius 3 is 2.81 bits per heavy atom. The predicted octanol–water partition coefficient (Wildman–Crippen LogP) is 2.71. The van der Waals surface area contributed by atoms with Crippen molar-refractivity contribution in [2.75, 3.05) is 5.73 Å². The maximum absolute atomic E-state index is 5.68. The fraction of sp³-hybridized carbons (Fsp3) is 0.100. The number of nitrogen functional groups attached to an aromatic ring is 1. The van der Waals surface area contributed by atoms with E-state index >= 15 is 0 Å². The van der Waals surface area contributed by atoms with Gasteiger partial charge in [-0.2, -0.15) is 0 Å². The van der Waals surface area contributed by atoms with Crippen LogP contribution >= 0.6 is 22.7 Å². The first-order chi connectivity index (χ1) is 7.74. The zero-order valence-electron chi connectivity index (χ0n) is 8.47. The van der Waals surface area contributed by atoms with E-state index in [1.807, 2.05) is 13.0 Å². The Bertz CT molecular complexity index is 623. The average Bonchev–Trinajstić information content (AvgIpc) is 2.81. The fourth-order valence-corrected chi connectivity index (χ4v) is 3.39. The van der Waals surface area contributed by atoms with Crippen LogP contribution in [-0.4, -0.2) is 15.0 Å². The topological polar surface area (TPSA) is 64.7 Å².